The van der Waals surface area contributed by atoms with Gasteiger partial charge >= 0.3 is 0 Å². The van der Waals surface area contributed by atoms with Crippen molar-refractivity contribution in [3.63, 3.8) is 0 Å². The van der Waals surface area contributed by atoms with E-state index in [1.54, 1.807) is 23.0 Å². The molecule has 2 aromatic heterocycles. The lowest BCUT2D eigenvalue weighted by Gasteiger charge is -2.30. The fourth-order valence-corrected chi connectivity index (χ4v) is 3.64. The van der Waals surface area contributed by atoms with Gasteiger partial charge in [-0.3, -0.25) is 14.4 Å². The van der Waals surface area contributed by atoms with Crippen LogP contribution >= 0.6 is 0 Å². The first-order chi connectivity index (χ1) is 14.6. The maximum Gasteiger partial charge on any atom is 0.251 e. The number of nitrogens with one attached hydrogen (secondary N) is 2. The summed E-state index contributed by atoms with van der Waals surface area (Å²) in [6.45, 7) is 2.46. The second-order valence-electron chi connectivity index (χ2n) is 7.55. The Morgan fingerprint density at radius 2 is 2.03 bits per heavy atom. The zero-order valence-electron chi connectivity index (χ0n) is 17.0. The summed E-state index contributed by atoms with van der Waals surface area (Å²) in [6.07, 6.45) is 3.74. The molecule has 0 spiro atoms. The number of aliphatic hydroxyl groups excluding tert-OH is 1. The molecule has 0 radical (unpaired) electrons. The van der Waals surface area contributed by atoms with Crippen LogP contribution in [0, 0.1) is 0 Å². The number of hydrogen-bond acceptors (Lipinski definition) is 6. The lowest BCUT2D eigenvalue weighted by atomic mass is 10.00. The summed E-state index contributed by atoms with van der Waals surface area (Å²) < 4.78 is 1.68. The van der Waals surface area contributed by atoms with Gasteiger partial charge in [-0.15, -0.1) is 0 Å². The van der Waals surface area contributed by atoms with Crippen molar-refractivity contribution in [2.75, 3.05) is 25.0 Å². The van der Waals surface area contributed by atoms with Crippen molar-refractivity contribution in [3.05, 3.63) is 71.5 Å². The van der Waals surface area contributed by atoms with E-state index in [-0.39, 0.29) is 12.5 Å². The number of carbonyl (C=O) groups is 1. The van der Waals surface area contributed by atoms with E-state index in [0.717, 1.165) is 19.5 Å². The van der Waals surface area contributed by atoms with Crippen molar-refractivity contribution in [1.29, 1.82) is 0 Å². The molecule has 1 aliphatic heterocycles. The molecular formula is C22H26N6O2. The molecule has 1 aliphatic rings. The molecule has 4 rings (SSSR count). The Morgan fingerprint density at radius 1 is 1.20 bits per heavy atom. The Morgan fingerprint density at radius 3 is 2.83 bits per heavy atom. The first-order valence-corrected chi connectivity index (χ1v) is 10.0. The molecule has 0 saturated heterocycles. The lowest BCUT2D eigenvalue weighted by Crippen LogP contribution is -2.42. The minimum Gasteiger partial charge on any atom is -0.390 e. The van der Waals surface area contributed by atoms with Gasteiger partial charge in [0.1, 0.15) is 5.82 Å². The van der Waals surface area contributed by atoms with Crippen LogP contribution in [0.4, 0.5) is 11.6 Å². The third-order valence-corrected chi connectivity index (χ3v) is 5.17. The molecule has 8 nitrogen and oxygen atoms in total. The maximum atomic E-state index is 12.5. The van der Waals surface area contributed by atoms with E-state index in [9.17, 15) is 9.90 Å². The molecule has 0 unspecified atom stereocenters. The summed E-state index contributed by atoms with van der Waals surface area (Å²) in [5, 5.41) is 20.5. The van der Waals surface area contributed by atoms with Gasteiger partial charge in [0.05, 0.1) is 6.10 Å². The van der Waals surface area contributed by atoms with Crippen molar-refractivity contribution in [3.8, 4) is 0 Å². The fourth-order valence-electron chi connectivity index (χ4n) is 3.64. The maximum absolute atomic E-state index is 12.5. The van der Waals surface area contributed by atoms with Gasteiger partial charge in [-0.25, -0.2) is 4.98 Å². The average Bonchev–Trinajstić information content (AvgIpc) is 3.16. The summed E-state index contributed by atoms with van der Waals surface area (Å²) in [5.74, 6) is 0.944. The SMILES string of the molecule is Cn1ccc(Nc2cc(C(=O)NC[C@H](O)CN3CCc4ccccc4C3)ccn2)n1. The van der Waals surface area contributed by atoms with Gasteiger partial charge in [0, 0.05) is 57.3 Å². The highest BCUT2D eigenvalue weighted by molar-refractivity contribution is 5.94. The summed E-state index contributed by atoms with van der Waals surface area (Å²) in [4.78, 5) is 18.9. The molecule has 0 fully saturated rings. The minimum absolute atomic E-state index is 0.197. The Balaban J connectivity index is 1.27. The van der Waals surface area contributed by atoms with E-state index in [4.69, 9.17) is 0 Å². The van der Waals surface area contributed by atoms with Crippen LogP contribution in [0.15, 0.2) is 54.9 Å². The van der Waals surface area contributed by atoms with Gasteiger partial charge < -0.3 is 15.7 Å². The van der Waals surface area contributed by atoms with Crippen molar-refractivity contribution < 1.29 is 9.90 Å². The van der Waals surface area contributed by atoms with Gasteiger partial charge in [0.15, 0.2) is 5.82 Å². The van der Waals surface area contributed by atoms with Crippen LogP contribution in [0.1, 0.15) is 21.5 Å². The summed E-state index contributed by atoms with van der Waals surface area (Å²) in [5.41, 5.74) is 3.16. The molecule has 30 heavy (non-hydrogen) atoms. The molecule has 3 aromatic rings. The Kier molecular flexibility index (Phi) is 6.06. The monoisotopic (exact) mass is 406 g/mol. The first-order valence-electron chi connectivity index (χ1n) is 10.0. The Labute approximate surface area is 175 Å². The van der Waals surface area contributed by atoms with E-state index >= 15 is 0 Å². The predicted molar refractivity (Wildman–Crippen MR) is 114 cm³/mol. The minimum atomic E-state index is -0.632. The smallest absolute Gasteiger partial charge is 0.251 e. The summed E-state index contributed by atoms with van der Waals surface area (Å²) >= 11 is 0. The number of rotatable bonds is 7. The highest BCUT2D eigenvalue weighted by atomic mass is 16.3. The van der Waals surface area contributed by atoms with Gasteiger partial charge in [0.25, 0.3) is 5.91 Å². The van der Waals surface area contributed by atoms with Crippen molar-refractivity contribution in [2.24, 2.45) is 7.05 Å². The van der Waals surface area contributed by atoms with Crippen LogP contribution in [0.3, 0.4) is 0 Å². The van der Waals surface area contributed by atoms with E-state index in [0.29, 0.717) is 23.7 Å². The Bertz CT molecular complexity index is 1020. The molecule has 1 aromatic carbocycles. The van der Waals surface area contributed by atoms with Crippen LogP contribution in [-0.2, 0) is 20.0 Å². The largest absolute Gasteiger partial charge is 0.390 e. The fraction of sp³-hybridized carbons (Fsp3) is 0.318. The Hall–Kier alpha value is -3.23. The van der Waals surface area contributed by atoms with E-state index in [1.807, 2.05) is 25.4 Å². The summed E-state index contributed by atoms with van der Waals surface area (Å²) in [7, 11) is 1.83. The van der Waals surface area contributed by atoms with Crippen molar-refractivity contribution in [2.45, 2.75) is 19.1 Å². The van der Waals surface area contributed by atoms with Gasteiger partial charge in [0.2, 0.25) is 0 Å². The number of anilines is 2. The van der Waals surface area contributed by atoms with E-state index in [1.165, 1.54) is 11.1 Å². The quantitative estimate of drug-likeness (QED) is 0.553. The zero-order valence-corrected chi connectivity index (χ0v) is 17.0. The standard InChI is InChI=1S/C22H26N6O2/c1-27-10-8-20(26-27)25-21-12-17(6-9-23-21)22(30)24-13-19(29)15-28-11-7-16-4-2-3-5-18(16)14-28/h2-6,8-10,12,19,29H,7,11,13-15H2,1H3,(H,24,30)(H,23,25,26)/t19-/m0/s1. The molecule has 3 heterocycles. The zero-order chi connectivity index (χ0) is 20.9. The second-order valence-corrected chi connectivity index (χ2v) is 7.55. The highest BCUT2D eigenvalue weighted by Crippen LogP contribution is 2.18. The number of amides is 1. The van der Waals surface area contributed by atoms with Crippen LogP contribution in [0.25, 0.3) is 0 Å². The number of aliphatic hydroxyl groups is 1. The third kappa shape index (κ3) is 5.03. The molecule has 1 amide bonds. The van der Waals surface area contributed by atoms with Gasteiger partial charge in [-0.05, 0) is 29.7 Å². The molecular weight excluding hydrogens is 380 g/mol. The molecule has 1 atom stereocenters. The number of benzene rings is 1. The number of aromatic nitrogens is 3. The topological polar surface area (TPSA) is 95.3 Å². The molecule has 8 heteroatoms. The average molecular weight is 406 g/mol. The number of β-amino-alcohol motifs (C(OH)–C–C–N with tert-alkyl or cyclic N) is 1. The highest BCUT2D eigenvalue weighted by Gasteiger charge is 2.19. The molecule has 0 bridgehead atoms. The number of aryl methyl sites for hydroxylation is 1. The van der Waals surface area contributed by atoms with E-state index < -0.39 is 6.10 Å². The lowest BCUT2D eigenvalue weighted by molar-refractivity contribution is 0.0842. The molecule has 0 aliphatic carbocycles. The van der Waals surface area contributed by atoms with Crippen LogP contribution in [0.2, 0.25) is 0 Å². The predicted octanol–water partition coefficient (Wildman–Crippen LogP) is 1.71. The van der Waals surface area contributed by atoms with Gasteiger partial charge in [-0.2, -0.15) is 5.10 Å². The molecule has 0 saturated carbocycles. The first kappa shape index (κ1) is 20.1. The van der Waals surface area contributed by atoms with Crippen molar-refractivity contribution >= 4 is 17.5 Å². The number of nitrogens with zero attached hydrogens (tertiary/aromatic N) is 4. The normalized spacial score (nSPS) is 14.7. The van der Waals surface area contributed by atoms with Gasteiger partial charge in [-0.1, -0.05) is 24.3 Å². The van der Waals surface area contributed by atoms with Crippen LogP contribution in [0.5, 0.6) is 0 Å². The van der Waals surface area contributed by atoms with Crippen molar-refractivity contribution in [1.82, 2.24) is 25.0 Å². The van der Waals surface area contributed by atoms with Crippen LogP contribution in [-0.4, -0.2) is 56.4 Å². The van der Waals surface area contributed by atoms with Crippen LogP contribution < -0.4 is 10.6 Å². The third-order valence-electron chi connectivity index (χ3n) is 5.17. The number of fused-ring (bicyclic) bond motifs is 1. The van der Waals surface area contributed by atoms with E-state index in [2.05, 4.69) is 43.8 Å². The summed E-state index contributed by atoms with van der Waals surface area (Å²) in [6, 6.07) is 13.5. The number of pyridine rings is 1. The number of carbonyl (C=O) groups excluding carboxylic acids is 1. The molecule has 3 N–H and O–H groups in total. The number of hydrogen-bond donors (Lipinski definition) is 3. The second kappa shape index (κ2) is 9.06. The molecule has 156 valence electrons.